The molecule has 0 spiro atoms. The summed E-state index contributed by atoms with van der Waals surface area (Å²) in [6.07, 6.45) is 2.96. The van der Waals surface area contributed by atoms with Gasteiger partial charge < -0.3 is 14.6 Å². The van der Waals surface area contributed by atoms with Crippen LogP contribution in [0, 0.1) is 12.8 Å². The summed E-state index contributed by atoms with van der Waals surface area (Å²) in [5.74, 6) is -1.10. The topological polar surface area (TPSA) is 79.6 Å². The van der Waals surface area contributed by atoms with Crippen LogP contribution < -0.4 is 5.43 Å². The van der Waals surface area contributed by atoms with Crippen LogP contribution in [0.3, 0.4) is 0 Å². The summed E-state index contributed by atoms with van der Waals surface area (Å²) >= 11 is 0. The number of carboxylic acid groups (broad SMARTS) is 1. The van der Waals surface area contributed by atoms with Crippen molar-refractivity contribution in [2.24, 2.45) is 5.92 Å². The van der Waals surface area contributed by atoms with Crippen LogP contribution in [0.2, 0.25) is 0 Å². The number of hydrogen-bond acceptors (Lipinski definition) is 3. The van der Waals surface area contributed by atoms with Gasteiger partial charge >= 0.3 is 5.97 Å². The van der Waals surface area contributed by atoms with Crippen molar-refractivity contribution < 1.29 is 14.7 Å². The molecule has 6 nitrogen and oxygen atoms in total. The zero-order chi connectivity index (χ0) is 23.0. The third kappa shape index (κ3) is 4.05. The molecule has 1 aliphatic heterocycles. The monoisotopic (exact) mass is 432 g/mol. The third-order valence-corrected chi connectivity index (χ3v) is 6.11. The van der Waals surface area contributed by atoms with Crippen molar-refractivity contribution in [2.75, 3.05) is 13.1 Å². The van der Waals surface area contributed by atoms with Gasteiger partial charge in [-0.3, -0.25) is 9.59 Å². The highest BCUT2D eigenvalue weighted by Crippen LogP contribution is 2.26. The van der Waals surface area contributed by atoms with Gasteiger partial charge in [-0.15, -0.1) is 0 Å². The molecular weight excluding hydrogens is 404 g/mol. The van der Waals surface area contributed by atoms with Gasteiger partial charge in [0.05, 0.1) is 5.52 Å². The molecule has 2 aromatic carbocycles. The molecule has 1 fully saturated rings. The molecule has 0 bridgehead atoms. The van der Waals surface area contributed by atoms with E-state index in [1.165, 1.54) is 6.20 Å². The smallest absolute Gasteiger partial charge is 0.341 e. The molecule has 1 saturated heterocycles. The van der Waals surface area contributed by atoms with Crippen LogP contribution in [0.25, 0.3) is 10.9 Å². The molecule has 166 valence electrons. The summed E-state index contributed by atoms with van der Waals surface area (Å²) in [5.41, 5.74) is 3.43. The first-order valence-electron chi connectivity index (χ1n) is 11.0. The lowest BCUT2D eigenvalue weighted by molar-refractivity contribution is 0.0649. The van der Waals surface area contributed by atoms with Gasteiger partial charge in [-0.05, 0) is 54.5 Å². The van der Waals surface area contributed by atoms with E-state index in [1.807, 2.05) is 55.7 Å². The third-order valence-electron chi connectivity index (χ3n) is 6.11. The maximum Gasteiger partial charge on any atom is 0.341 e. The Kier molecular flexibility index (Phi) is 5.87. The van der Waals surface area contributed by atoms with Gasteiger partial charge in [-0.1, -0.05) is 38.1 Å². The summed E-state index contributed by atoms with van der Waals surface area (Å²) in [6.45, 7) is 8.10. The fraction of sp³-hybridized carbons (Fsp3) is 0.346. The maximum atomic E-state index is 13.3. The van der Waals surface area contributed by atoms with Gasteiger partial charge in [0.2, 0.25) is 5.43 Å². The van der Waals surface area contributed by atoms with E-state index < -0.39 is 11.4 Å². The minimum absolute atomic E-state index is 0.0997. The molecule has 32 heavy (non-hydrogen) atoms. The van der Waals surface area contributed by atoms with Gasteiger partial charge in [-0.25, -0.2) is 4.79 Å². The molecule has 2 heterocycles. The Bertz CT molecular complexity index is 1270. The molecule has 4 rings (SSSR count). The number of amides is 1. The van der Waals surface area contributed by atoms with Gasteiger partial charge in [0.1, 0.15) is 5.56 Å². The standard InChI is InChI=1S/C26H28N2O4/c1-16(2)14-28-15-22(26(31)32)24(29)21-13-20(25(30)27-9-6-10-27)19(12-23(21)28)11-18-8-5-4-7-17(18)3/h4-5,7-8,12-13,15-16H,6,9-11,14H2,1-3H3,(H,31,32). The SMILES string of the molecule is Cc1ccccc1Cc1cc2c(cc1C(=O)N1CCC1)c(=O)c(C(=O)O)cn2CC(C)C. The summed E-state index contributed by atoms with van der Waals surface area (Å²) in [6, 6.07) is 11.6. The number of nitrogens with zero attached hydrogens (tertiary/aromatic N) is 2. The van der Waals surface area contributed by atoms with Crippen molar-refractivity contribution in [1.82, 2.24) is 9.47 Å². The fourth-order valence-electron chi connectivity index (χ4n) is 4.23. The van der Waals surface area contributed by atoms with E-state index >= 15 is 0 Å². The van der Waals surface area contributed by atoms with Crippen molar-refractivity contribution in [3.63, 3.8) is 0 Å². The van der Waals surface area contributed by atoms with Crippen LogP contribution in [0.15, 0.2) is 47.4 Å². The van der Waals surface area contributed by atoms with Crippen LogP contribution in [0.4, 0.5) is 0 Å². The Hall–Kier alpha value is -3.41. The number of benzene rings is 2. The number of carbonyl (C=O) groups is 2. The molecule has 0 saturated carbocycles. The Morgan fingerprint density at radius 3 is 2.38 bits per heavy atom. The van der Waals surface area contributed by atoms with E-state index in [0.717, 1.165) is 23.1 Å². The highest BCUT2D eigenvalue weighted by molar-refractivity contribution is 6.01. The van der Waals surface area contributed by atoms with Crippen molar-refractivity contribution in [3.8, 4) is 0 Å². The molecule has 0 unspecified atom stereocenters. The zero-order valence-corrected chi connectivity index (χ0v) is 18.7. The lowest BCUT2D eigenvalue weighted by Gasteiger charge is -2.32. The van der Waals surface area contributed by atoms with Crippen LogP contribution in [0.5, 0.6) is 0 Å². The molecule has 1 aliphatic rings. The molecule has 1 N–H and O–H groups in total. The maximum absolute atomic E-state index is 13.3. The number of hydrogen-bond donors (Lipinski definition) is 1. The Labute approximate surface area is 187 Å². The number of aromatic carboxylic acids is 1. The zero-order valence-electron chi connectivity index (χ0n) is 18.7. The number of aryl methyl sites for hydroxylation is 1. The Morgan fingerprint density at radius 2 is 1.78 bits per heavy atom. The predicted molar refractivity (Wildman–Crippen MR) is 125 cm³/mol. The average Bonchev–Trinajstić information content (AvgIpc) is 2.69. The second-order valence-corrected chi connectivity index (χ2v) is 9.00. The van der Waals surface area contributed by atoms with Gasteiger partial charge in [0.15, 0.2) is 0 Å². The van der Waals surface area contributed by atoms with Crippen molar-refractivity contribution in [1.29, 1.82) is 0 Å². The second-order valence-electron chi connectivity index (χ2n) is 9.00. The first kappa shape index (κ1) is 21.8. The molecule has 1 amide bonds. The van der Waals surface area contributed by atoms with E-state index in [4.69, 9.17) is 0 Å². The highest BCUT2D eigenvalue weighted by Gasteiger charge is 2.26. The second kappa shape index (κ2) is 8.61. The van der Waals surface area contributed by atoms with Crippen molar-refractivity contribution >= 4 is 22.8 Å². The molecular formula is C26H28N2O4. The van der Waals surface area contributed by atoms with Crippen LogP contribution >= 0.6 is 0 Å². The minimum Gasteiger partial charge on any atom is -0.477 e. The fourth-order valence-corrected chi connectivity index (χ4v) is 4.23. The summed E-state index contributed by atoms with van der Waals surface area (Å²) in [5, 5.41) is 9.87. The van der Waals surface area contributed by atoms with E-state index in [-0.39, 0.29) is 22.8 Å². The quantitative estimate of drug-likeness (QED) is 0.636. The summed E-state index contributed by atoms with van der Waals surface area (Å²) in [4.78, 5) is 39.8. The number of carboxylic acids is 1. The van der Waals surface area contributed by atoms with E-state index in [9.17, 15) is 19.5 Å². The number of rotatable bonds is 6. The van der Waals surface area contributed by atoms with Crippen molar-refractivity contribution in [3.05, 3.63) is 80.6 Å². The first-order valence-corrected chi connectivity index (χ1v) is 11.0. The van der Waals surface area contributed by atoms with Gasteiger partial charge in [0, 0.05) is 36.8 Å². The van der Waals surface area contributed by atoms with Gasteiger partial charge in [-0.2, -0.15) is 0 Å². The summed E-state index contributed by atoms with van der Waals surface area (Å²) in [7, 11) is 0. The lowest BCUT2D eigenvalue weighted by atomic mass is 9.93. The minimum atomic E-state index is -1.26. The summed E-state index contributed by atoms with van der Waals surface area (Å²) < 4.78 is 1.84. The van der Waals surface area contributed by atoms with Crippen LogP contribution in [-0.2, 0) is 13.0 Å². The van der Waals surface area contributed by atoms with Crippen LogP contribution in [0.1, 0.15) is 57.7 Å². The normalized spacial score (nSPS) is 13.4. The van der Waals surface area contributed by atoms with E-state index in [0.29, 0.717) is 37.1 Å². The molecule has 6 heteroatoms. The van der Waals surface area contributed by atoms with Crippen molar-refractivity contribution in [2.45, 2.75) is 40.2 Å². The lowest BCUT2D eigenvalue weighted by Crippen LogP contribution is -2.42. The Balaban J connectivity index is 1.98. The Morgan fingerprint density at radius 1 is 1.06 bits per heavy atom. The van der Waals surface area contributed by atoms with Crippen LogP contribution in [-0.4, -0.2) is 39.5 Å². The predicted octanol–water partition coefficient (Wildman–Crippen LogP) is 4.10. The molecule has 3 aromatic rings. The highest BCUT2D eigenvalue weighted by atomic mass is 16.4. The number of likely N-dealkylation sites (tertiary alicyclic amines) is 1. The number of pyridine rings is 1. The molecule has 0 radical (unpaired) electrons. The average molecular weight is 433 g/mol. The van der Waals surface area contributed by atoms with E-state index in [2.05, 4.69) is 0 Å². The number of fused-ring (bicyclic) bond motifs is 1. The largest absolute Gasteiger partial charge is 0.477 e. The first-order chi connectivity index (χ1) is 15.3. The molecule has 1 aromatic heterocycles. The number of carbonyl (C=O) groups excluding carboxylic acids is 1. The molecule has 0 atom stereocenters. The van der Waals surface area contributed by atoms with E-state index in [1.54, 1.807) is 11.0 Å². The number of aromatic nitrogens is 1. The van der Waals surface area contributed by atoms with Gasteiger partial charge in [0.25, 0.3) is 5.91 Å². The molecule has 0 aliphatic carbocycles.